The van der Waals surface area contributed by atoms with Gasteiger partial charge in [0.1, 0.15) is 10.8 Å². The minimum absolute atomic E-state index is 0.0368. The molecule has 1 aromatic carbocycles. The van der Waals surface area contributed by atoms with Crippen LogP contribution in [0.5, 0.6) is 0 Å². The lowest BCUT2D eigenvalue weighted by Gasteiger charge is -2.40. The molecule has 1 aromatic heterocycles. The highest BCUT2D eigenvalue weighted by Crippen LogP contribution is 2.34. The van der Waals surface area contributed by atoms with Crippen LogP contribution in [-0.2, 0) is 4.74 Å². The number of nitrogens with one attached hydrogen (secondary N) is 1. The van der Waals surface area contributed by atoms with Crippen molar-refractivity contribution < 1.29 is 9.13 Å². The minimum atomic E-state index is -0.223. The van der Waals surface area contributed by atoms with Gasteiger partial charge in [0.25, 0.3) is 5.56 Å². The lowest BCUT2D eigenvalue weighted by Crippen LogP contribution is -2.43. The molecule has 3 heterocycles. The Labute approximate surface area is 223 Å². The number of likely N-dealkylation sites (tertiary alicyclic amines) is 1. The van der Waals surface area contributed by atoms with E-state index < -0.39 is 0 Å². The predicted molar refractivity (Wildman–Crippen MR) is 146 cm³/mol. The molecule has 0 radical (unpaired) electrons. The van der Waals surface area contributed by atoms with Crippen molar-refractivity contribution in [2.24, 2.45) is 11.8 Å². The van der Waals surface area contributed by atoms with Gasteiger partial charge in [0.2, 0.25) is 0 Å². The van der Waals surface area contributed by atoms with Crippen molar-refractivity contribution in [3.8, 4) is 0 Å². The molecule has 3 fully saturated rings. The van der Waals surface area contributed by atoms with E-state index in [-0.39, 0.29) is 22.4 Å². The van der Waals surface area contributed by atoms with Crippen LogP contribution in [0.3, 0.4) is 0 Å². The third-order valence-corrected chi connectivity index (χ3v) is 8.70. The first-order valence-corrected chi connectivity index (χ1v) is 14.2. The van der Waals surface area contributed by atoms with E-state index in [0.29, 0.717) is 23.6 Å². The number of hydrogen-bond donors (Lipinski definition) is 1. The second kappa shape index (κ2) is 12.1. The Morgan fingerprint density at radius 1 is 1.14 bits per heavy atom. The molecule has 0 bridgehead atoms. The first-order valence-electron chi connectivity index (χ1n) is 13.8. The van der Waals surface area contributed by atoms with E-state index in [1.54, 1.807) is 23.0 Å². The number of hydrogen-bond acceptors (Lipinski definition) is 6. The first kappa shape index (κ1) is 26.4. The summed E-state index contributed by atoms with van der Waals surface area (Å²) in [6.07, 6.45) is 8.71. The van der Waals surface area contributed by atoms with Crippen molar-refractivity contribution in [2.45, 2.75) is 57.0 Å². The van der Waals surface area contributed by atoms with Gasteiger partial charge in [0.15, 0.2) is 0 Å². The SMILES string of the molecule is CN1CC[C@H](CN(c2ccc(F)cc2)C2CCC(n3ncc(NC[C@@H]4CCCOC4)c(Cl)c3=O)CC2)C1. The van der Waals surface area contributed by atoms with Crippen LogP contribution in [0.4, 0.5) is 15.8 Å². The summed E-state index contributed by atoms with van der Waals surface area (Å²) in [6, 6.07) is 7.30. The molecule has 1 saturated carbocycles. The second-order valence-electron chi connectivity index (χ2n) is 11.1. The average Bonchev–Trinajstić information content (AvgIpc) is 3.34. The molecule has 7 nitrogen and oxygen atoms in total. The monoisotopic (exact) mass is 531 g/mol. The molecule has 5 rings (SSSR count). The first-order chi connectivity index (χ1) is 18.0. The third-order valence-electron chi connectivity index (χ3n) is 8.33. The molecule has 3 aliphatic rings. The van der Waals surface area contributed by atoms with Crippen LogP contribution in [0, 0.1) is 17.7 Å². The van der Waals surface area contributed by atoms with Gasteiger partial charge in [-0.15, -0.1) is 0 Å². The summed E-state index contributed by atoms with van der Waals surface area (Å²) in [5, 5.41) is 8.05. The Morgan fingerprint density at radius 3 is 2.59 bits per heavy atom. The van der Waals surface area contributed by atoms with Gasteiger partial charge in [-0.05, 0) is 94.6 Å². The van der Waals surface area contributed by atoms with Gasteiger partial charge in [0.05, 0.1) is 24.5 Å². The summed E-state index contributed by atoms with van der Waals surface area (Å²) in [4.78, 5) is 18.0. The smallest absolute Gasteiger partial charge is 0.287 e. The van der Waals surface area contributed by atoms with Crippen LogP contribution in [0.15, 0.2) is 35.3 Å². The summed E-state index contributed by atoms with van der Waals surface area (Å²) in [7, 11) is 2.18. The molecule has 0 spiro atoms. The van der Waals surface area contributed by atoms with Crippen LogP contribution in [0.25, 0.3) is 0 Å². The second-order valence-corrected chi connectivity index (χ2v) is 11.5. The van der Waals surface area contributed by atoms with E-state index in [1.807, 2.05) is 12.1 Å². The van der Waals surface area contributed by atoms with Crippen molar-refractivity contribution in [3.63, 3.8) is 0 Å². The minimum Gasteiger partial charge on any atom is -0.382 e. The number of nitrogens with zero attached hydrogens (tertiary/aromatic N) is 4. The number of aromatic nitrogens is 2. The Bertz CT molecular complexity index is 1080. The van der Waals surface area contributed by atoms with Crippen molar-refractivity contribution in [3.05, 3.63) is 51.7 Å². The van der Waals surface area contributed by atoms with Gasteiger partial charge in [-0.1, -0.05) is 11.6 Å². The highest BCUT2D eigenvalue weighted by atomic mass is 35.5. The zero-order valence-corrected chi connectivity index (χ0v) is 22.5. The van der Waals surface area contributed by atoms with Crippen molar-refractivity contribution in [2.75, 3.05) is 56.7 Å². The molecule has 9 heteroatoms. The number of benzene rings is 1. The number of anilines is 2. The fourth-order valence-electron chi connectivity index (χ4n) is 6.22. The van der Waals surface area contributed by atoms with Crippen molar-refractivity contribution in [1.82, 2.24) is 14.7 Å². The van der Waals surface area contributed by atoms with Crippen molar-refractivity contribution in [1.29, 1.82) is 0 Å². The summed E-state index contributed by atoms with van der Waals surface area (Å²) in [5.74, 6) is 0.827. The summed E-state index contributed by atoms with van der Waals surface area (Å²) in [5.41, 5.74) is 1.46. The highest BCUT2D eigenvalue weighted by Gasteiger charge is 2.31. The lowest BCUT2D eigenvalue weighted by atomic mass is 9.89. The molecule has 1 N–H and O–H groups in total. The molecule has 202 valence electrons. The molecule has 37 heavy (non-hydrogen) atoms. The van der Waals surface area contributed by atoms with Gasteiger partial charge < -0.3 is 19.9 Å². The predicted octanol–water partition coefficient (Wildman–Crippen LogP) is 4.82. The van der Waals surface area contributed by atoms with Crippen LogP contribution >= 0.6 is 11.6 Å². The number of halogens is 2. The number of ether oxygens (including phenoxy) is 1. The molecule has 2 aromatic rings. The van der Waals surface area contributed by atoms with E-state index in [0.717, 1.165) is 83.6 Å². The molecule has 2 atom stereocenters. The normalized spacial score (nSPS) is 26.8. The van der Waals surface area contributed by atoms with Crippen LogP contribution < -0.4 is 15.8 Å². The van der Waals surface area contributed by atoms with E-state index in [4.69, 9.17) is 16.3 Å². The molecule has 0 amide bonds. The average molecular weight is 532 g/mol. The standard InChI is InChI=1S/C28H39ClFN5O2/c1-33-13-12-21(17-33)18-34(23-6-4-22(30)5-7-23)24-8-10-25(11-9-24)35-28(36)27(29)26(16-32-35)31-15-20-3-2-14-37-19-20/h4-7,16,20-21,24-25,31H,2-3,8-15,17-19H2,1H3/t20-,21-,24?,25?/m0/s1. The summed E-state index contributed by atoms with van der Waals surface area (Å²) >= 11 is 6.50. The summed E-state index contributed by atoms with van der Waals surface area (Å²) in [6.45, 7) is 5.50. The Balaban J connectivity index is 1.23. The molecule has 0 unspecified atom stereocenters. The maximum Gasteiger partial charge on any atom is 0.287 e. The Hall–Kier alpha value is -2.16. The zero-order valence-electron chi connectivity index (χ0n) is 21.7. The quantitative estimate of drug-likeness (QED) is 0.527. The van der Waals surface area contributed by atoms with E-state index in [2.05, 4.69) is 27.3 Å². The van der Waals surface area contributed by atoms with Crippen LogP contribution in [0.2, 0.25) is 5.02 Å². The molecule has 2 saturated heterocycles. The fraction of sp³-hybridized carbons (Fsp3) is 0.643. The van der Waals surface area contributed by atoms with E-state index >= 15 is 0 Å². The zero-order chi connectivity index (χ0) is 25.8. The van der Waals surface area contributed by atoms with Gasteiger partial charge >= 0.3 is 0 Å². The number of rotatable bonds is 8. The summed E-state index contributed by atoms with van der Waals surface area (Å²) < 4.78 is 20.8. The Morgan fingerprint density at radius 2 is 1.92 bits per heavy atom. The van der Waals surface area contributed by atoms with Crippen molar-refractivity contribution >= 4 is 23.0 Å². The van der Waals surface area contributed by atoms with E-state index in [1.165, 1.54) is 6.42 Å². The third kappa shape index (κ3) is 6.47. The van der Waals surface area contributed by atoms with Crippen LogP contribution in [0.1, 0.15) is 51.0 Å². The van der Waals surface area contributed by atoms with Gasteiger partial charge in [0, 0.05) is 38.0 Å². The van der Waals surface area contributed by atoms with Crippen LogP contribution in [-0.4, -0.2) is 67.2 Å². The van der Waals surface area contributed by atoms with Gasteiger partial charge in [-0.25, -0.2) is 9.07 Å². The Kier molecular flexibility index (Phi) is 8.67. The molecular formula is C28H39ClFN5O2. The maximum absolute atomic E-state index is 13.6. The van der Waals surface area contributed by atoms with Gasteiger partial charge in [-0.2, -0.15) is 5.10 Å². The molecule has 1 aliphatic carbocycles. The largest absolute Gasteiger partial charge is 0.382 e. The van der Waals surface area contributed by atoms with E-state index in [9.17, 15) is 9.18 Å². The topological polar surface area (TPSA) is 62.6 Å². The maximum atomic E-state index is 13.6. The fourth-order valence-corrected chi connectivity index (χ4v) is 6.42. The van der Waals surface area contributed by atoms with Gasteiger partial charge in [-0.3, -0.25) is 4.79 Å². The highest BCUT2D eigenvalue weighted by molar-refractivity contribution is 6.32. The molecular weight excluding hydrogens is 493 g/mol. The lowest BCUT2D eigenvalue weighted by molar-refractivity contribution is 0.0595. The molecule has 2 aliphatic heterocycles.